The van der Waals surface area contributed by atoms with Crippen LogP contribution in [0, 0.1) is 0 Å². The van der Waals surface area contributed by atoms with Gasteiger partial charge in [-0.15, -0.1) is 0 Å². The van der Waals surface area contributed by atoms with Crippen molar-refractivity contribution in [2.24, 2.45) is 0 Å². The van der Waals surface area contributed by atoms with Gasteiger partial charge < -0.3 is 14.6 Å². The highest BCUT2D eigenvalue weighted by molar-refractivity contribution is 9.10. The van der Waals surface area contributed by atoms with Crippen molar-refractivity contribution in [3.8, 4) is 5.69 Å². The largest absolute Gasteiger partial charge is 0.445 e. The molecule has 0 atom stereocenters. The Morgan fingerprint density at radius 3 is 2.62 bits per heavy atom. The van der Waals surface area contributed by atoms with Crippen LogP contribution in [0.3, 0.4) is 0 Å². The van der Waals surface area contributed by atoms with Gasteiger partial charge in [0.1, 0.15) is 6.61 Å². The molecule has 37 heavy (non-hydrogen) atoms. The van der Waals surface area contributed by atoms with Crippen LogP contribution in [0.4, 0.5) is 4.79 Å². The number of amides is 1. The van der Waals surface area contributed by atoms with Crippen LogP contribution >= 0.6 is 15.9 Å². The predicted octanol–water partition coefficient (Wildman–Crippen LogP) is 6.06. The van der Waals surface area contributed by atoms with E-state index in [-0.39, 0.29) is 18.4 Å². The fourth-order valence-corrected chi connectivity index (χ4v) is 5.10. The fourth-order valence-electron chi connectivity index (χ4n) is 4.73. The Balaban J connectivity index is 1.21. The highest BCUT2D eigenvalue weighted by Gasteiger charge is 2.20. The number of ether oxygens (including phenoxy) is 1. The number of benzene rings is 3. The third-order valence-electron chi connectivity index (χ3n) is 6.64. The Morgan fingerprint density at radius 1 is 1.05 bits per heavy atom. The van der Waals surface area contributed by atoms with Gasteiger partial charge in [-0.05, 0) is 53.5 Å². The summed E-state index contributed by atoms with van der Waals surface area (Å²) in [5, 5.41) is 0.892. The molecule has 5 aromatic rings. The lowest BCUT2D eigenvalue weighted by Gasteiger charge is -2.26. The molecular weight excluding hydrogens is 532 g/mol. The second-order valence-corrected chi connectivity index (χ2v) is 9.88. The van der Waals surface area contributed by atoms with Crippen LogP contribution in [0.1, 0.15) is 17.5 Å². The third-order valence-corrected chi connectivity index (χ3v) is 7.13. The van der Waals surface area contributed by atoms with Gasteiger partial charge >= 0.3 is 11.8 Å². The van der Waals surface area contributed by atoms with E-state index in [1.165, 1.54) is 5.57 Å². The first kappa shape index (κ1) is 23.2. The van der Waals surface area contributed by atoms with Crippen molar-refractivity contribution in [2.45, 2.75) is 13.0 Å². The number of H-pyrrole nitrogens is 1. The van der Waals surface area contributed by atoms with Gasteiger partial charge in [0.15, 0.2) is 0 Å². The second kappa shape index (κ2) is 9.71. The first-order valence-electron chi connectivity index (χ1n) is 12.0. The van der Waals surface area contributed by atoms with Gasteiger partial charge in [0.05, 0.1) is 28.4 Å². The van der Waals surface area contributed by atoms with Gasteiger partial charge in [0.2, 0.25) is 0 Å². The van der Waals surface area contributed by atoms with Gasteiger partial charge in [-0.3, -0.25) is 9.55 Å². The maximum Gasteiger partial charge on any atom is 0.410 e. The Bertz CT molecular complexity index is 1710. The number of aromatic amines is 1. The summed E-state index contributed by atoms with van der Waals surface area (Å²) in [6.45, 7) is 1.36. The Morgan fingerprint density at radius 2 is 1.86 bits per heavy atom. The van der Waals surface area contributed by atoms with E-state index in [0.29, 0.717) is 18.6 Å². The number of nitrogens with zero attached hydrogens (tertiary/aromatic N) is 3. The number of rotatable bonds is 4. The van der Waals surface area contributed by atoms with E-state index in [1.54, 1.807) is 15.7 Å². The molecular formula is C29H23BrN4O3. The van der Waals surface area contributed by atoms with E-state index in [4.69, 9.17) is 4.74 Å². The molecule has 0 saturated heterocycles. The van der Waals surface area contributed by atoms with E-state index in [9.17, 15) is 9.59 Å². The molecule has 0 fully saturated rings. The molecule has 2 aromatic heterocycles. The third kappa shape index (κ3) is 4.56. The molecule has 0 saturated carbocycles. The van der Waals surface area contributed by atoms with Crippen molar-refractivity contribution in [1.82, 2.24) is 19.4 Å². The average molecular weight is 555 g/mol. The molecule has 3 heterocycles. The van der Waals surface area contributed by atoms with Gasteiger partial charge in [0.25, 0.3) is 0 Å². The van der Waals surface area contributed by atoms with Crippen molar-refractivity contribution in [3.05, 3.63) is 111 Å². The summed E-state index contributed by atoms with van der Waals surface area (Å²) in [6, 6.07) is 23.5. The number of hydrogen-bond donors (Lipinski definition) is 1. The van der Waals surface area contributed by atoms with Crippen molar-refractivity contribution in [2.75, 3.05) is 13.1 Å². The van der Waals surface area contributed by atoms with Crippen molar-refractivity contribution >= 4 is 49.5 Å². The Labute approximate surface area is 221 Å². The average Bonchev–Trinajstić information content (AvgIpc) is 3.28. The van der Waals surface area contributed by atoms with Crippen molar-refractivity contribution in [3.63, 3.8) is 0 Å². The molecule has 1 aliphatic rings. The minimum absolute atomic E-state index is 0.210. The summed E-state index contributed by atoms with van der Waals surface area (Å²) in [5.74, 6) is 0. The minimum Gasteiger partial charge on any atom is -0.445 e. The maximum atomic E-state index is 12.9. The van der Waals surface area contributed by atoms with Crippen LogP contribution in [-0.2, 0) is 11.3 Å². The van der Waals surface area contributed by atoms with Crippen molar-refractivity contribution < 1.29 is 9.53 Å². The lowest BCUT2D eigenvalue weighted by atomic mass is 9.99. The zero-order valence-corrected chi connectivity index (χ0v) is 21.4. The zero-order valence-electron chi connectivity index (χ0n) is 19.9. The van der Waals surface area contributed by atoms with Crippen LogP contribution in [0.25, 0.3) is 33.2 Å². The van der Waals surface area contributed by atoms with Crippen LogP contribution in [0.15, 0.2) is 94.3 Å². The molecule has 8 heteroatoms. The standard InChI is InChI=1S/C29H23BrN4O3/c30-22-8-11-25-24(16-22)27-26(17-31-25)32-28(35)34(27)23-9-6-20(7-10-23)21-12-14-33(15-13-21)29(36)37-18-19-4-2-1-3-5-19/h1-12,16-17H,13-15,18H2,(H,32,35). The molecule has 1 N–H and O–H groups in total. The summed E-state index contributed by atoms with van der Waals surface area (Å²) >= 11 is 3.53. The highest BCUT2D eigenvalue weighted by atomic mass is 79.9. The lowest BCUT2D eigenvalue weighted by Crippen LogP contribution is -2.35. The molecule has 7 nitrogen and oxygen atoms in total. The first-order chi connectivity index (χ1) is 18.1. The number of fused-ring (bicyclic) bond motifs is 3. The summed E-state index contributed by atoms with van der Waals surface area (Å²) in [5.41, 5.74) is 6.08. The van der Waals surface area contributed by atoms with Gasteiger partial charge in [-0.25, -0.2) is 9.59 Å². The maximum absolute atomic E-state index is 12.9. The van der Waals surface area contributed by atoms with Crippen molar-refractivity contribution in [1.29, 1.82) is 0 Å². The number of nitrogens with one attached hydrogen (secondary N) is 1. The van der Waals surface area contributed by atoms with E-state index in [0.717, 1.165) is 44.1 Å². The monoisotopic (exact) mass is 554 g/mol. The molecule has 0 bridgehead atoms. The molecule has 1 amide bonds. The predicted molar refractivity (Wildman–Crippen MR) is 148 cm³/mol. The number of aromatic nitrogens is 3. The second-order valence-electron chi connectivity index (χ2n) is 8.96. The number of pyridine rings is 1. The quantitative estimate of drug-likeness (QED) is 0.293. The molecule has 0 unspecified atom stereocenters. The molecule has 1 aliphatic heterocycles. The summed E-state index contributed by atoms with van der Waals surface area (Å²) in [7, 11) is 0. The lowest BCUT2D eigenvalue weighted by molar-refractivity contribution is 0.0998. The number of halogens is 1. The Kier molecular flexibility index (Phi) is 6.10. The molecule has 3 aromatic carbocycles. The minimum atomic E-state index is -0.304. The molecule has 6 rings (SSSR count). The van der Waals surface area contributed by atoms with E-state index in [1.807, 2.05) is 72.8 Å². The van der Waals surface area contributed by atoms with E-state index in [2.05, 4.69) is 32.0 Å². The van der Waals surface area contributed by atoms with Crippen LogP contribution in [0.2, 0.25) is 0 Å². The number of carbonyl (C=O) groups excluding carboxylic acids is 1. The zero-order chi connectivity index (χ0) is 25.4. The van der Waals surface area contributed by atoms with Gasteiger partial charge in [-0.2, -0.15) is 0 Å². The normalized spacial score (nSPS) is 13.6. The molecule has 0 spiro atoms. The van der Waals surface area contributed by atoms with E-state index >= 15 is 0 Å². The Hall–Kier alpha value is -4.17. The number of carbonyl (C=O) groups is 1. The highest BCUT2D eigenvalue weighted by Crippen LogP contribution is 2.28. The topological polar surface area (TPSA) is 80.2 Å². The number of hydrogen-bond acceptors (Lipinski definition) is 4. The molecule has 184 valence electrons. The van der Waals surface area contributed by atoms with Crippen LogP contribution in [0.5, 0.6) is 0 Å². The van der Waals surface area contributed by atoms with Gasteiger partial charge in [0, 0.05) is 22.9 Å². The first-order valence-corrected chi connectivity index (χ1v) is 12.8. The summed E-state index contributed by atoms with van der Waals surface area (Å²) < 4.78 is 8.08. The smallest absolute Gasteiger partial charge is 0.410 e. The number of imidazole rings is 1. The molecule has 0 aliphatic carbocycles. The summed E-state index contributed by atoms with van der Waals surface area (Å²) in [6.07, 6.45) is 4.19. The van der Waals surface area contributed by atoms with Crippen LogP contribution < -0.4 is 5.69 Å². The fraction of sp³-hybridized carbons (Fsp3) is 0.138. The summed E-state index contributed by atoms with van der Waals surface area (Å²) in [4.78, 5) is 34.5. The SMILES string of the molecule is O=C(OCc1ccccc1)N1CC=C(c2ccc(-n3c(=O)[nH]c4cnc5ccc(Br)cc5c43)cc2)CC1. The van der Waals surface area contributed by atoms with Crippen LogP contribution in [-0.4, -0.2) is 38.6 Å². The molecule has 0 radical (unpaired) electrons. The van der Waals surface area contributed by atoms with E-state index < -0.39 is 0 Å². The van der Waals surface area contributed by atoms with Gasteiger partial charge in [-0.1, -0.05) is 64.5 Å².